The third kappa shape index (κ3) is 5.81. The molecule has 3 heterocycles. The first-order valence-corrected chi connectivity index (χ1v) is 12.9. The Hall–Kier alpha value is -2.16. The standard InChI is InChI=1S/C26H39ClFN7/c1-7-34-10-12-35(13-11-34)22-9-8-18(14-20(22)27)31-24-29-17-21(28)23(32-24)30-19-15-25(2,3)33(6)26(4,5)16-19/h8-9,14,17,19H,7,10-13,15-16H2,1-6H3,(H2,29,30,31,32). The molecule has 0 radical (unpaired) electrons. The van der Waals surface area contributed by atoms with Crippen molar-refractivity contribution in [2.75, 3.05) is 55.3 Å². The molecule has 2 aliphatic heterocycles. The zero-order chi connectivity index (χ0) is 25.4. The Bertz CT molecular complexity index is 1020. The summed E-state index contributed by atoms with van der Waals surface area (Å²) in [6, 6.07) is 5.98. The number of benzene rings is 1. The molecule has 0 bridgehead atoms. The maximum absolute atomic E-state index is 14.6. The molecule has 4 rings (SSSR count). The Morgan fingerprint density at radius 2 is 1.74 bits per heavy atom. The van der Waals surface area contributed by atoms with Crippen LogP contribution in [0.15, 0.2) is 24.4 Å². The zero-order valence-corrected chi connectivity index (χ0v) is 22.6. The highest BCUT2D eigenvalue weighted by Crippen LogP contribution is 2.38. The van der Waals surface area contributed by atoms with Crippen molar-refractivity contribution in [2.24, 2.45) is 0 Å². The molecule has 1 aromatic heterocycles. The van der Waals surface area contributed by atoms with Crippen LogP contribution in [0.3, 0.4) is 0 Å². The van der Waals surface area contributed by atoms with E-state index in [2.05, 4.69) is 77.0 Å². The summed E-state index contributed by atoms with van der Waals surface area (Å²) in [5, 5.41) is 7.21. The van der Waals surface area contributed by atoms with E-state index in [9.17, 15) is 4.39 Å². The van der Waals surface area contributed by atoms with Crippen LogP contribution in [0.5, 0.6) is 0 Å². The van der Waals surface area contributed by atoms with Crippen molar-refractivity contribution < 1.29 is 4.39 Å². The summed E-state index contributed by atoms with van der Waals surface area (Å²) >= 11 is 6.64. The van der Waals surface area contributed by atoms with Crippen LogP contribution < -0.4 is 15.5 Å². The topological polar surface area (TPSA) is 59.6 Å². The average molecular weight is 504 g/mol. The van der Waals surface area contributed by atoms with Gasteiger partial charge < -0.3 is 20.4 Å². The van der Waals surface area contributed by atoms with Crippen LogP contribution in [-0.2, 0) is 0 Å². The molecule has 0 atom stereocenters. The van der Waals surface area contributed by atoms with Crippen molar-refractivity contribution in [1.82, 2.24) is 19.8 Å². The number of piperidine rings is 1. The second kappa shape index (κ2) is 10.1. The summed E-state index contributed by atoms with van der Waals surface area (Å²) in [4.78, 5) is 15.8. The van der Waals surface area contributed by atoms with Gasteiger partial charge in [-0.25, -0.2) is 9.37 Å². The van der Waals surface area contributed by atoms with Gasteiger partial charge in [0.1, 0.15) is 0 Å². The minimum atomic E-state index is -0.454. The minimum Gasteiger partial charge on any atom is -0.368 e. The molecule has 2 aliphatic rings. The van der Waals surface area contributed by atoms with Crippen LogP contribution in [0.4, 0.5) is 27.5 Å². The fourth-order valence-corrected chi connectivity index (χ4v) is 5.77. The van der Waals surface area contributed by atoms with Gasteiger partial charge in [-0.3, -0.25) is 4.90 Å². The maximum Gasteiger partial charge on any atom is 0.229 e. The second-order valence-electron chi connectivity index (χ2n) is 11.0. The minimum absolute atomic E-state index is 0.00825. The van der Waals surface area contributed by atoms with E-state index in [0.717, 1.165) is 56.9 Å². The number of nitrogens with one attached hydrogen (secondary N) is 2. The molecule has 9 heteroatoms. The van der Waals surface area contributed by atoms with Gasteiger partial charge in [-0.15, -0.1) is 0 Å². The lowest BCUT2D eigenvalue weighted by Crippen LogP contribution is -2.61. The van der Waals surface area contributed by atoms with Gasteiger partial charge in [-0.1, -0.05) is 18.5 Å². The highest BCUT2D eigenvalue weighted by molar-refractivity contribution is 6.33. The summed E-state index contributed by atoms with van der Waals surface area (Å²) in [7, 11) is 2.16. The van der Waals surface area contributed by atoms with Crippen LogP contribution in [-0.4, -0.2) is 76.7 Å². The van der Waals surface area contributed by atoms with E-state index in [1.807, 2.05) is 18.2 Å². The third-order valence-corrected chi connectivity index (χ3v) is 8.06. The van der Waals surface area contributed by atoms with Gasteiger partial charge in [-0.05, 0) is 72.3 Å². The molecule has 0 spiro atoms. The number of halogens is 2. The van der Waals surface area contributed by atoms with Crippen LogP contribution in [0, 0.1) is 5.82 Å². The first kappa shape index (κ1) is 25.9. The molecule has 2 fully saturated rings. The second-order valence-corrected chi connectivity index (χ2v) is 11.4. The summed E-state index contributed by atoms with van der Waals surface area (Å²) in [6.07, 6.45) is 3.00. The Morgan fingerprint density at radius 1 is 1.09 bits per heavy atom. The first-order chi connectivity index (χ1) is 16.5. The highest BCUT2D eigenvalue weighted by Gasteiger charge is 2.43. The van der Waals surface area contributed by atoms with Gasteiger partial charge in [0.15, 0.2) is 11.6 Å². The van der Waals surface area contributed by atoms with E-state index < -0.39 is 5.82 Å². The Balaban J connectivity index is 1.45. The molecule has 0 amide bonds. The molecule has 0 saturated carbocycles. The number of nitrogens with zero attached hydrogens (tertiary/aromatic N) is 5. The smallest absolute Gasteiger partial charge is 0.229 e. The highest BCUT2D eigenvalue weighted by atomic mass is 35.5. The molecule has 1 aromatic carbocycles. The number of hydrogen-bond donors (Lipinski definition) is 2. The number of piperazine rings is 1. The number of anilines is 4. The van der Waals surface area contributed by atoms with Crippen molar-refractivity contribution in [3.8, 4) is 0 Å². The lowest BCUT2D eigenvalue weighted by Gasteiger charge is -2.53. The zero-order valence-electron chi connectivity index (χ0n) is 21.8. The molecule has 0 unspecified atom stereocenters. The summed E-state index contributed by atoms with van der Waals surface area (Å²) in [6.45, 7) is 16.2. The van der Waals surface area contributed by atoms with Crippen LogP contribution in [0.1, 0.15) is 47.5 Å². The van der Waals surface area contributed by atoms with Gasteiger partial charge in [0.05, 0.1) is 16.9 Å². The SMILES string of the molecule is CCN1CCN(c2ccc(Nc3ncc(F)c(NC4CC(C)(C)N(C)C(C)(C)C4)n3)cc2Cl)CC1. The van der Waals surface area contributed by atoms with Crippen molar-refractivity contribution >= 4 is 34.7 Å². The quantitative estimate of drug-likeness (QED) is 0.560. The van der Waals surface area contributed by atoms with Crippen LogP contribution in [0.2, 0.25) is 5.02 Å². The average Bonchev–Trinajstić information content (AvgIpc) is 2.79. The Morgan fingerprint density at radius 3 is 2.34 bits per heavy atom. The van der Waals surface area contributed by atoms with E-state index in [1.54, 1.807) is 0 Å². The summed E-state index contributed by atoms with van der Waals surface area (Å²) < 4.78 is 14.6. The molecule has 2 saturated heterocycles. The van der Waals surface area contributed by atoms with Crippen molar-refractivity contribution in [1.29, 1.82) is 0 Å². The van der Waals surface area contributed by atoms with E-state index in [-0.39, 0.29) is 22.9 Å². The third-order valence-electron chi connectivity index (χ3n) is 7.76. The maximum atomic E-state index is 14.6. The van der Waals surface area contributed by atoms with Crippen LogP contribution >= 0.6 is 11.6 Å². The number of rotatable bonds is 6. The molecular weight excluding hydrogens is 465 g/mol. The van der Waals surface area contributed by atoms with E-state index in [1.165, 1.54) is 6.20 Å². The van der Waals surface area contributed by atoms with Gasteiger partial charge in [0.2, 0.25) is 5.95 Å². The molecular formula is C26H39ClFN7. The fraction of sp³-hybridized carbons (Fsp3) is 0.615. The van der Waals surface area contributed by atoms with Gasteiger partial charge in [-0.2, -0.15) is 4.98 Å². The number of likely N-dealkylation sites (N-methyl/N-ethyl adjacent to an activating group) is 1. The Kier molecular flexibility index (Phi) is 7.46. The van der Waals surface area contributed by atoms with Gasteiger partial charge >= 0.3 is 0 Å². The van der Waals surface area contributed by atoms with Crippen molar-refractivity contribution in [3.05, 3.63) is 35.2 Å². The molecule has 192 valence electrons. The monoisotopic (exact) mass is 503 g/mol. The first-order valence-electron chi connectivity index (χ1n) is 12.6. The molecule has 2 N–H and O–H groups in total. The summed E-state index contributed by atoms with van der Waals surface area (Å²) in [5.41, 5.74) is 1.78. The van der Waals surface area contributed by atoms with E-state index in [4.69, 9.17) is 11.6 Å². The fourth-order valence-electron chi connectivity index (χ4n) is 5.47. The van der Waals surface area contributed by atoms with Gasteiger partial charge in [0.25, 0.3) is 0 Å². The predicted molar refractivity (Wildman–Crippen MR) is 144 cm³/mol. The molecule has 2 aromatic rings. The number of aromatic nitrogens is 2. The lowest BCUT2D eigenvalue weighted by atomic mass is 9.77. The molecule has 35 heavy (non-hydrogen) atoms. The normalized spacial score (nSPS) is 21.2. The lowest BCUT2D eigenvalue weighted by molar-refractivity contribution is -0.00778. The van der Waals surface area contributed by atoms with Crippen LogP contribution in [0.25, 0.3) is 0 Å². The van der Waals surface area contributed by atoms with E-state index >= 15 is 0 Å². The predicted octanol–water partition coefficient (Wildman–Crippen LogP) is 5.22. The summed E-state index contributed by atoms with van der Waals surface area (Å²) in [5.74, 6) is 0.102. The largest absolute Gasteiger partial charge is 0.368 e. The van der Waals surface area contributed by atoms with Gasteiger partial charge in [0, 0.05) is 49.0 Å². The molecule has 0 aliphatic carbocycles. The number of likely N-dealkylation sites (tertiary alicyclic amines) is 1. The van der Waals surface area contributed by atoms with Crippen molar-refractivity contribution in [3.63, 3.8) is 0 Å². The Labute approximate surface area is 214 Å². The van der Waals surface area contributed by atoms with E-state index in [0.29, 0.717) is 11.0 Å². The number of hydrogen-bond acceptors (Lipinski definition) is 7. The molecule has 7 nitrogen and oxygen atoms in total. The van der Waals surface area contributed by atoms with Crippen molar-refractivity contribution in [2.45, 2.75) is 64.6 Å².